The number of hydrogen-bond donors (Lipinski definition) is 2. The number of piperidine rings is 2. The normalized spacial score (nSPS) is 20.0. The SMILES string of the molecule is CN1CCC(C2CCN(C(=O)[C@](C)(NC(=O)c3ccc4cc[nH]c4c3)c3ccccn3)CC2)CC1. The fraction of sp³-hybridized carbons (Fsp3) is 0.464. The van der Waals surface area contributed by atoms with E-state index >= 15 is 0 Å². The van der Waals surface area contributed by atoms with Crippen LogP contribution in [0.3, 0.4) is 0 Å². The van der Waals surface area contributed by atoms with E-state index in [0.29, 0.717) is 17.2 Å². The van der Waals surface area contributed by atoms with Gasteiger partial charge in [0, 0.05) is 36.6 Å². The van der Waals surface area contributed by atoms with E-state index in [2.05, 4.69) is 27.2 Å². The van der Waals surface area contributed by atoms with Crippen molar-refractivity contribution in [3.8, 4) is 0 Å². The van der Waals surface area contributed by atoms with E-state index in [9.17, 15) is 9.59 Å². The highest BCUT2D eigenvalue weighted by Gasteiger charge is 2.42. The van der Waals surface area contributed by atoms with Gasteiger partial charge in [-0.15, -0.1) is 0 Å². The van der Waals surface area contributed by atoms with Crippen molar-refractivity contribution in [1.82, 2.24) is 25.1 Å². The molecule has 0 unspecified atom stereocenters. The number of fused-ring (bicyclic) bond motifs is 1. The number of amides is 2. The van der Waals surface area contributed by atoms with Gasteiger partial charge in [-0.25, -0.2) is 0 Å². The standard InChI is InChI=1S/C28H35N5O2/c1-28(25-5-3-4-13-30-25,31-26(34)23-7-6-22-8-14-29-24(22)19-23)27(35)33-17-11-21(12-18-33)20-9-15-32(2)16-10-20/h3-8,13-14,19-21,29H,9-12,15-18H2,1-2H3,(H,31,34)/t28-/m1/s1. The van der Waals surface area contributed by atoms with Crippen LogP contribution in [0.1, 0.15) is 48.7 Å². The van der Waals surface area contributed by atoms with Crippen LogP contribution >= 0.6 is 0 Å². The number of carbonyl (C=O) groups excluding carboxylic acids is 2. The molecule has 35 heavy (non-hydrogen) atoms. The van der Waals surface area contributed by atoms with E-state index in [-0.39, 0.29) is 11.8 Å². The van der Waals surface area contributed by atoms with Gasteiger partial charge < -0.3 is 20.1 Å². The summed E-state index contributed by atoms with van der Waals surface area (Å²) < 4.78 is 0. The zero-order chi connectivity index (χ0) is 24.4. The Bertz CT molecular complexity index is 1180. The lowest BCUT2D eigenvalue weighted by atomic mass is 9.78. The van der Waals surface area contributed by atoms with E-state index in [4.69, 9.17) is 0 Å². The Morgan fingerprint density at radius 2 is 1.71 bits per heavy atom. The number of rotatable bonds is 5. The van der Waals surface area contributed by atoms with Gasteiger partial charge in [-0.2, -0.15) is 0 Å². The lowest BCUT2D eigenvalue weighted by molar-refractivity contribution is -0.139. The van der Waals surface area contributed by atoms with Crippen molar-refractivity contribution in [3.63, 3.8) is 0 Å². The molecule has 3 aromatic rings. The smallest absolute Gasteiger partial charge is 0.254 e. The summed E-state index contributed by atoms with van der Waals surface area (Å²) in [4.78, 5) is 39.2. The molecule has 2 aromatic heterocycles. The second kappa shape index (κ2) is 9.82. The Kier molecular flexibility index (Phi) is 6.60. The van der Waals surface area contributed by atoms with E-state index < -0.39 is 5.54 Å². The number of hydrogen-bond acceptors (Lipinski definition) is 4. The summed E-state index contributed by atoms with van der Waals surface area (Å²) in [6, 6.07) is 13.0. The highest BCUT2D eigenvalue weighted by Crippen LogP contribution is 2.33. The first-order valence-corrected chi connectivity index (χ1v) is 12.7. The van der Waals surface area contributed by atoms with Gasteiger partial charge in [0.25, 0.3) is 11.8 Å². The third-order valence-corrected chi connectivity index (χ3v) is 8.04. The maximum atomic E-state index is 13.9. The Morgan fingerprint density at radius 3 is 2.40 bits per heavy atom. The van der Waals surface area contributed by atoms with Crippen LogP contribution < -0.4 is 5.32 Å². The van der Waals surface area contributed by atoms with Gasteiger partial charge in [-0.1, -0.05) is 12.1 Å². The molecule has 1 atom stereocenters. The van der Waals surface area contributed by atoms with E-state index in [1.807, 2.05) is 47.5 Å². The monoisotopic (exact) mass is 473 g/mol. The Labute approximate surface area is 206 Å². The summed E-state index contributed by atoms with van der Waals surface area (Å²) >= 11 is 0. The molecule has 2 saturated heterocycles. The average molecular weight is 474 g/mol. The topological polar surface area (TPSA) is 81.3 Å². The van der Waals surface area contributed by atoms with Gasteiger partial charge in [0.05, 0.1) is 5.69 Å². The van der Waals surface area contributed by atoms with Crippen LogP contribution in [-0.4, -0.2) is 64.8 Å². The highest BCUT2D eigenvalue weighted by atomic mass is 16.2. The predicted molar refractivity (Wildman–Crippen MR) is 137 cm³/mol. The van der Waals surface area contributed by atoms with E-state index in [0.717, 1.165) is 42.8 Å². The minimum Gasteiger partial charge on any atom is -0.361 e. The molecule has 7 nitrogen and oxygen atoms in total. The third-order valence-electron chi connectivity index (χ3n) is 8.04. The second-order valence-corrected chi connectivity index (χ2v) is 10.3. The zero-order valence-electron chi connectivity index (χ0n) is 20.7. The number of nitrogens with zero attached hydrogens (tertiary/aromatic N) is 3. The van der Waals surface area contributed by atoms with Crippen molar-refractivity contribution in [3.05, 3.63) is 66.1 Å². The van der Waals surface area contributed by atoms with Crippen molar-refractivity contribution in [2.75, 3.05) is 33.2 Å². The zero-order valence-corrected chi connectivity index (χ0v) is 20.7. The molecule has 0 bridgehead atoms. The first-order valence-electron chi connectivity index (χ1n) is 12.7. The van der Waals surface area contributed by atoms with Crippen molar-refractivity contribution in [2.24, 2.45) is 11.8 Å². The average Bonchev–Trinajstić information content (AvgIpc) is 3.37. The number of likely N-dealkylation sites (tertiary alicyclic amines) is 2. The summed E-state index contributed by atoms with van der Waals surface area (Å²) in [5, 5.41) is 4.09. The van der Waals surface area contributed by atoms with E-state index in [1.165, 1.54) is 25.9 Å². The summed E-state index contributed by atoms with van der Waals surface area (Å²) in [5.41, 5.74) is 0.704. The first-order chi connectivity index (χ1) is 16.9. The number of benzene rings is 1. The predicted octanol–water partition coefficient (Wildman–Crippen LogP) is 3.79. The van der Waals surface area contributed by atoms with Gasteiger partial charge in [0.1, 0.15) is 0 Å². The molecule has 2 aliphatic heterocycles. The second-order valence-electron chi connectivity index (χ2n) is 10.3. The molecule has 2 N–H and O–H groups in total. The summed E-state index contributed by atoms with van der Waals surface area (Å²) in [6.45, 7) is 5.57. The van der Waals surface area contributed by atoms with Gasteiger partial charge in [-0.05, 0) is 100 Å². The highest BCUT2D eigenvalue weighted by molar-refractivity contribution is 6.01. The molecule has 184 valence electrons. The molecule has 0 spiro atoms. The molecule has 7 heteroatoms. The van der Waals surface area contributed by atoms with Crippen LogP contribution in [-0.2, 0) is 10.3 Å². The Balaban J connectivity index is 1.33. The Morgan fingerprint density at radius 1 is 1.00 bits per heavy atom. The van der Waals surface area contributed by atoms with Crippen molar-refractivity contribution < 1.29 is 9.59 Å². The quantitative estimate of drug-likeness (QED) is 0.591. The molecule has 0 radical (unpaired) electrons. The summed E-state index contributed by atoms with van der Waals surface area (Å²) in [5.74, 6) is 1.06. The molecule has 2 amide bonds. The summed E-state index contributed by atoms with van der Waals surface area (Å²) in [7, 11) is 2.19. The fourth-order valence-corrected chi connectivity index (χ4v) is 5.76. The lowest BCUT2D eigenvalue weighted by Crippen LogP contribution is -2.57. The third kappa shape index (κ3) is 4.82. The van der Waals surface area contributed by atoms with Gasteiger partial charge in [-0.3, -0.25) is 14.6 Å². The minimum atomic E-state index is -1.25. The molecule has 4 heterocycles. The van der Waals surface area contributed by atoms with Crippen molar-refractivity contribution >= 4 is 22.7 Å². The molecule has 1 aromatic carbocycles. The molecule has 2 aliphatic rings. The number of H-pyrrole nitrogens is 1. The van der Waals surface area contributed by atoms with Gasteiger partial charge >= 0.3 is 0 Å². The first kappa shape index (κ1) is 23.5. The minimum absolute atomic E-state index is 0.0904. The van der Waals surface area contributed by atoms with Crippen LogP contribution in [0.4, 0.5) is 0 Å². The number of nitrogens with one attached hydrogen (secondary N) is 2. The van der Waals surface area contributed by atoms with Crippen LogP contribution in [0.5, 0.6) is 0 Å². The molecule has 0 saturated carbocycles. The number of aromatic nitrogens is 2. The maximum absolute atomic E-state index is 13.9. The number of aromatic amines is 1. The van der Waals surface area contributed by atoms with Crippen LogP contribution in [0.25, 0.3) is 10.9 Å². The maximum Gasteiger partial charge on any atom is 0.254 e. The van der Waals surface area contributed by atoms with Crippen molar-refractivity contribution in [2.45, 2.75) is 38.1 Å². The van der Waals surface area contributed by atoms with Crippen LogP contribution in [0, 0.1) is 11.8 Å². The lowest BCUT2D eigenvalue weighted by Gasteiger charge is -2.42. The van der Waals surface area contributed by atoms with Gasteiger partial charge in [0.2, 0.25) is 0 Å². The Hall–Kier alpha value is -3.19. The largest absolute Gasteiger partial charge is 0.361 e. The number of carbonyl (C=O) groups is 2. The number of pyridine rings is 1. The molecular weight excluding hydrogens is 438 g/mol. The fourth-order valence-electron chi connectivity index (χ4n) is 5.76. The molecule has 5 rings (SSSR count). The molecule has 2 fully saturated rings. The van der Waals surface area contributed by atoms with Gasteiger partial charge in [0.15, 0.2) is 5.54 Å². The van der Waals surface area contributed by atoms with Crippen molar-refractivity contribution in [1.29, 1.82) is 0 Å². The molecule has 0 aliphatic carbocycles. The molecular formula is C28H35N5O2. The van der Waals surface area contributed by atoms with Crippen LogP contribution in [0.2, 0.25) is 0 Å². The summed E-state index contributed by atoms with van der Waals surface area (Å²) in [6.07, 6.45) is 8.07. The van der Waals surface area contributed by atoms with Crippen LogP contribution in [0.15, 0.2) is 54.9 Å². The van der Waals surface area contributed by atoms with E-state index in [1.54, 1.807) is 19.2 Å².